The number of thioether (sulfide) groups is 1. The number of benzene rings is 2. The molecule has 1 aliphatic rings. The minimum absolute atomic E-state index is 0.0537. The van der Waals surface area contributed by atoms with Crippen molar-refractivity contribution < 1.29 is 14.7 Å². The highest BCUT2D eigenvalue weighted by molar-refractivity contribution is 7.98. The third kappa shape index (κ3) is 4.07. The highest BCUT2D eigenvalue weighted by Gasteiger charge is 2.28. The molecule has 1 N–H and O–H groups in total. The minimum atomic E-state index is -0.999. The average Bonchev–Trinajstić information content (AvgIpc) is 2.60. The van der Waals surface area contributed by atoms with Crippen molar-refractivity contribution >= 4 is 29.6 Å². The smallest absolute Gasteiger partial charge is 0.328 e. The van der Waals surface area contributed by atoms with E-state index in [0.717, 1.165) is 34.3 Å². The molecule has 0 saturated heterocycles. The van der Waals surface area contributed by atoms with E-state index < -0.39 is 5.97 Å². The highest BCUT2D eigenvalue weighted by atomic mass is 32.2. The van der Waals surface area contributed by atoms with Crippen molar-refractivity contribution in [3.8, 4) is 0 Å². The van der Waals surface area contributed by atoms with E-state index in [0.29, 0.717) is 0 Å². The summed E-state index contributed by atoms with van der Waals surface area (Å²) in [5.41, 5.74) is 4.96. The van der Waals surface area contributed by atoms with Crippen LogP contribution in [0.1, 0.15) is 46.5 Å². The molecular formula is C22H22O3S. The number of aliphatic carboxylic acids is 1. The van der Waals surface area contributed by atoms with Crippen molar-refractivity contribution in [2.24, 2.45) is 0 Å². The van der Waals surface area contributed by atoms with Crippen LogP contribution in [0.2, 0.25) is 0 Å². The molecule has 1 heterocycles. The second kappa shape index (κ2) is 7.50. The van der Waals surface area contributed by atoms with E-state index in [2.05, 4.69) is 19.9 Å². The zero-order chi connectivity index (χ0) is 18.7. The molecule has 0 radical (unpaired) electrons. The Morgan fingerprint density at radius 3 is 2.73 bits per heavy atom. The quantitative estimate of drug-likeness (QED) is 0.614. The number of carboxylic acids is 1. The molecule has 134 valence electrons. The van der Waals surface area contributed by atoms with Crippen LogP contribution in [0.25, 0.3) is 6.08 Å². The average molecular weight is 366 g/mol. The normalized spacial score (nSPS) is 15.6. The molecule has 0 spiro atoms. The highest BCUT2D eigenvalue weighted by Crippen LogP contribution is 2.38. The van der Waals surface area contributed by atoms with Gasteiger partial charge in [0.1, 0.15) is 0 Å². The lowest BCUT2D eigenvalue weighted by Gasteiger charge is -2.32. The molecule has 0 fully saturated rings. The number of fused-ring (bicyclic) bond motifs is 1. The van der Waals surface area contributed by atoms with Crippen molar-refractivity contribution in [1.82, 2.24) is 0 Å². The van der Waals surface area contributed by atoms with Crippen molar-refractivity contribution in [1.29, 1.82) is 0 Å². The first-order chi connectivity index (χ1) is 12.4. The Morgan fingerprint density at radius 2 is 1.96 bits per heavy atom. The van der Waals surface area contributed by atoms with Crippen molar-refractivity contribution in [2.75, 3.05) is 5.75 Å². The summed E-state index contributed by atoms with van der Waals surface area (Å²) in [7, 11) is 0. The Morgan fingerprint density at radius 1 is 1.19 bits per heavy atom. The Balaban J connectivity index is 1.87. The van der Waals surface area contributed by atoms with Gasteiger partial charge in [0, 0.05) is 29.6 Å². The summed E-state index contributed by atoms with van der Waals surface area (Å²) in [6.45, 7) is 4.44. The molecule has 0 unspecified atom stereocenters. The number of rotatable bonds is 5. The van der Waals surface area contributed by atoms with E-state index in [4.69, 9.17) is 5.11 Å². The van der Waals surface area contributed by atoms with Crippen LogP contribution in [-0.2, 0) is 22.4 Å². The van der Waals surface area contributed by atoms with Crippen LogP contribution in [0.5, 0.6) is 0 Å². The van der Waals surface area contributed by atoms with E-state index in [9.17, 15) is 9.59 Å². The molecule has 3 rings (SSSR count). The summed E-state index contributed by atoms with van der Waals surface area (Å²) < 4.78 is 0. The molecule has 0 aromatic heterocycles. The summed E-state index contributed by atoms with van der Waals surface area (Å²) in [4.78, 5) is 23.6. The maximum atomic E-state index is 12.9. The lowest BCUT2D eigenvalue weighted by atomic mass is 9.82. The fourth-order valence-corrected chi connectivity index (χ4v) is 4.53. The van der Waals surface area contributed by atoms with E-state index in [1.165, 1.54) is 17.2 Å². The van der Waals surface area contributed by atoms with Crippen LogP contribution in [0.3, 0.4) is 0 Å². The van der Waals surface area contributed by atoms with Gasteiger partial charge in [-0.15, -0.1) is 0 Å². The largest absolute Gasteiger partial charge is 0.478 e. The van der Waals surface area contributed by atoms with Crippen LogP contribution in [0.4, 0.5) is 0 Å². The van der Waals surface area contributed by atoms with Crippen molar-refractivity contribution in [3.63, 3.8) is 0 Å². The third-order valence-corrected chi connectivity index (χ3v) is 6.13. The van der Waals surface area contributed by atoms with Crippen molar-refractivity contribution in [2.45, 2.75) is 31.4 Å². The molecule has 0 aliphatic carbocycles. The van der Waals surface area contributed by atoms with Gasteiger partial charge in [0.2, 0.25) is 0 Å². The fraction of sp³-hybridized carbons (Fsp3) is 0.273. The van der Waals surface area contributed by atoms with Gasteiger partial charge >= 0.3 is 5.97 Å². The Hall–Kier alpha value is -2.33. The molecule has 0 atom stereocenters. The molecule has 26 heavy (non-hydrogen) atoms. The number of carbonyl (C=O) groups excluding carboxylic acids is 1. The Bertz CT molecular complexity index is 881. The van der Waals surface area contributed by atoms with Gasteiger partial charge in [0.25, 0.3) is 0 Å². The van der Waals surface area contributed by atoms with Crippen LogP contribution in [-0.4, -0.2) is 22.6 Å². The maximum absolute atomic E-state index is 12.9. The van der Waals surface area contributed by atoms with Crippen molar-refractivity contribution in [3.05, 3.63) is 76.4 Å². The summed E-state index contributed by atoms with van der Waals surface area (Å²) in [6.07, 6.45) is 2.90. The molecule has 1 aliphatic heterocycles. The number of carboxylic acid groups (broad SMARTS) is 1. The van der Waals surface area contributed by atoms with Gasteiger partial charge in [0.15, 0.2) is 5.78 Å². The number of Topliss-reactive ketones (excluding diaryl/α,β-unsaturated/α-hetero) is 1. The van der Waals surface area contributed by atoms with Gasteiger partial charge in [-0.2, -0.15) is 11.8 Å². The second-order valence-corrected chi connectivity index (χ2v) is 8.20. The molecule has 0 bridgehead atoms. The summed E-state index contributed by atoms with van der Waals surface area (Å²) >= 11 is 1.93. The van der Waals surface area contributed by atoms with Crippen LogP contribution < -0.4 is 0 Å². The lowest BCUT2D eigenvalue weighted by Crippen LogP contribution is -2.26. The monoisotopic (exact) mass is 366 g/mol. The summed E-state index contributed by atoms with van der Waals surface area (Å²) in [5, 5.41) is 8.83. The molecule has 2 aromatic rings. The van der Waals surface area contributed by atoms with Crippen LogP contribution >= 0.6 is 11.8 Å². The molecule has 0 amide bonds. The number of hydrogen-bond donors (Lipinski definition) is 1. The summed E-state index contributed by atoms with van der Waals surface area (Å²) in [5.74, 6) is 1.11. The number of hydrogen-bond acceptors (Lipinski definition) is 3. The SMILES string of the molecule is CC1(C)CSCc2ccc(C(=O)Cc3ccccc3/C=C/C(=O)O)cc21. The lowest BCUT2D eigenvalue weighted by molar-refractivity contribution is -0.131. The number of ketones is 1. The van der Waals surface area contributed by atoms with E-state index >= 15 is 0 Å². The predicted molar refractivity (Wildman–Crippen MR) is 107 cm³/mol. The fourth-order valence-electron chi connectivity index (χ4n) is 3.29. The van der Waals surface area contributed by atoms with Gasteiger partial charge in [-0.3, -0.25) is 4.79 Å². The zero-order valence-corrected chi connectivity index (χ0v) is 15.8. The van der Waals surface area contributed by atoms with Gasteiger partial charge in [0.05, 0.1) is 0 Å². The maximum Gasteiger partial charge on any atom is 0.328 e. The predicted octanol–water partition coefficient (Wildman–Crippen LogP) is 4.73. The number of carbonyl (C=O) groups is 2. The Labute approximate surface area is 158 Å². The van der Waals surface area contributed by atoms with E-state index in [1.807, 2.05) is 48.2 Å². The van der Waals surface area contributed by atoms with E-state index in [1.54, 1.807) is 0 Å². The standard InChI is InChI=1S/C22H22O3S/c1-22(2)14-26-13-18-8-7-17(11-19(18)22)20(23)12-16-6-4-3-5-15(16)9-10-21(24)25/h3-11H,12-14H2,1-2H3,(H,24,25)/b10-9+. The zero-order valence-electron chi connectivity index (χ0n) is 15.0. The molecular weight excluding hydrogens is 344 g/mol. The molecule has 0 saturated carbocycles. The van der Waals surface area contributed by atoms with Gasteiger partial charge in [-0.1, -0.05) is 50.2 Å². The van der Waals surface area contributed by atoms with Crippen LogP contribution in [0.15, 0.2) is 48.5 Å². The molecule has 4 heteroatoms. The minimum Gasteiger partial charge on any atom is -0.478 e. The third-order valence-electron chi connectivity index (χ3n) is 4.69. The van der Waals surface area contributed by atoms with E-state index in [-0.39, 0.29) is 17.6 Å². The molecule has 3 nitrogen and oxygen atoms in total. The Kier molecular flexibility index (Phi) is 5.33. The first-order valence-corrected chi connectivity index (χ1v) is 9.75. The van der Waals surface area contributed by atoms with Gasteiger partial charge < -0.3 is 5.11 Å². The molecule has 2 aromatic carbocycles. The van der Waals surface area contributed by atoms with Gasteiger partial charge in [-0.25, -0.2) is 4.79 Å². The van der Waals surface area contributed by atoms with Gasteiger partial charge in [-0.05, 0) is 39.8 Å². The first kappa shape index (κ1) is 18.5. The first-order valence-electron chi connectivity index (χ1n) is 8.60. The van der Waals surface area contributed by atoms with Crippen LogP contribution in [0, 0.1) is 0 Å². The summed E-state index contributed by atoms with van der Waals surface area (Å²) in [6, 6.07) is 13.5. The second-order valence-electron chi connectivity index (χ2n) is 7.22. The topological polar surface area (TPSA) is 54.4 Å².